The minimum atomic E-state index is -0.668. The number of nitrogens with one attached hydrogen (secondary N) is 3. The maximum Gasteiger partial charge on any atom is 0.253 e. The number of carbonyl (C=O) groups is 2. The number of amides is 2. The maximum atomic E-state index is 12.9. The molecule has 0 heterocycles. The first-order valence-corrected chi connectivity index (χ1v) is 11.6. The highest BCUT2D eigenvalue weighted by molar-refractivity contribution is 7.98. The van der Waals surface area contributed by atoms with Crippen LogP contribution in [-0.4, -0.2) is 29.9 Å². The molecule has 0 fully saturated rings. The number of halogens is 1. The summed E-state index contributed by atoms with van der Waals surface area (Å²) in [6.45, 7) is 0. The molecule has 0 aliphatic carbocycles. The van der Waals surface area contributed by atoms with E-state index in [0.29, 0.717) is 22.7 Å². The largest absolute Gasteiger partial charge is 0.356 e. The highest BCUT2D eigenvalue weighted by Gasteiger charge is 2.22. The van der Waals surface area contributed by atoms with E-state index < -0.39 is 6.04 Å². The summed E-state index contributed by atoms with van der Waals surface area (Å²) < 4.78 is 0. The molecule has 3 aromatic rings. The van der Waals surface area contributed by atoms with Crippen LogP contribution in [0.3, 0.4) is 0 Å². The lowest BCUT2D eigenvalue weighted by Crippen LogP contribution is -2.44. The molecule has 0 bridgehead atoms. The summed E-state index contributed by atoms with van der Waals surface area (Å²) in [6, 6.07) is 23.4. The van der Waals surface area contributed by atoms with Gasteiger partial charge in [0.05, 0.1) is 10.6 Å². The summed E-state index contributed by atoms with van der Waals surface area (Å²) in [5, 5.41) is 9.35. The quantitative estimate of drug-likeness (QED) is 0.396. The van der Waals surface area contributed by atoms with Gasteiger partial charge < -0.3 is 16.0 Å². The van der Waals surface area contributed by atoms with Gasteiger partial charge in [-0.1, -0.05) is 41.9 Å². The number of para-hydroxylation sites is 1. The van der Waals surface area contributed by atoms with Crippen molar-refractivity contribution in [2.45, 2.75) is 12.5 Å². The van der Waals surface area contributed by atoms with E-state index in [1.54, 1.807) is 36.0 Å². The van der Waals surface area contributed by atoms with E-state index in [1.807, 2.05) is 60.9 Å². The first-order valence-electron chi connectivity index (χ1n) is 9.84. The number of benzene rings is 3. The van der Waals surface area contributed by atoms with E-state index in [-0.39, 0.29) is 11.8 Å². The number of hydrogen-bond donors (Lipinski definition) is 3. The second-order valence-corrected chi connectivity index (χ2v) is 8.24. The van der Waals surface area contributed by atoms with Gasteiger partial charge in [0.25, 0.3) is 5.91 Å². The van der Waals surface area contributed by atoms with Crippen molar-refractivity contribution < 1.29 is 9.59 Å². The zero-order chi connectivity index (χ0) is 22.1. The molecule has 1 atom stereocenters. The van der Waals surface area contributed by atoms with Crippen molar-refractivity contribution in [2.75, 3.05) is 22.6 Å². The normalized spacial score (nSPS) is 11.4. The minimum absolute atomic E-state index is 0.266. The zero-order valence-electron chi connectivity index (χ0n) is 17.1. The highest BCUT2D eigenvalue weighted by Crippen LogP contribution is 2.19. The van der Waals surface area contributed by atoms with Gasteiger partial charge in [-0.2, -0.15) is 11.8 Å². The minimum Gasteiger partial charge on any atom is -0.356 e. The van der Waals surface area contributed by atoms with Crippen LogP contribution in [0.5, 0.6) is 0 Å². The van der Waals surface area contributed by atoms with Crippen LogP contribution in [0.15, 0.2) is 78.9 Å². The van der Waals surface area contributed by atoms with Crippen LogP contribution in [0.1, 0.15) is 16.8 Å². The topological polar surface area (TPSA) is 70.2 Å². The van der Waals surface area contributed by atoms with Crippen LogP contribution in [0.2, 0.25) is 5.02 Å². The molecule has 5 nitrogen and oxygen atoms in total. The predicted molar refractivity (Wildman–Crippen MR) is 131 cm³/mol. The van der Waals surface area contributed by atoms with Crippen molar-refractivity contribution in [3.05, 3.63) is 89.4 Å². The molecule has 2 amide bonds. The number of carbonyl (C=O) groups excluding carboxylic acids is 2. The Kier molecular flexibility index (Phi) is 8.38. The van der Waals surface area contributed by atoms with Gasteiger partial charge in [-0.25, -0.2) is 0 Å². The molecule has 3 aromatic carbocycles. The molecule has 3 N–H and O–H groups in total. The van der Waals surface area contributed by atoms with Gasteiger partial charge in [-0.3, -0.25) is 9.59 Å². The van der Waals surface area contributed by atoms with Gasteiger partial charge in [0.15, 0.2) is 0 Å². The Morgan fingerprint density at radius 3 is 2.16 bits per heavy atom. The summed E-state index contributed by atoms with van der Waals surface area (Å²) in [5.41, 5.74) is 2.90. The fourth-order valence-electron chi connectivity index (χ4n) is 2.94. The van der Waals surface area contributed by atoms with Crippen molar-refractivity contribution in [1.29, 1.82) is 0 Å². The Balaban J connectivity index is 1.64. The van der Waals surface area contributed by atoms with Crippen molar-refractivity contribution >= 4 is 52.2 Å². The Bertz CT molecular complexity index is 1010. The monoisotopic (exact) mass is 453 g/mol. The summed E-state index contributed by atoms with van der Waals surface area (Å²) in [4.78, 5) is 25.5. The van der Waals surface area contributed by atoms with E-state index in [9.17, 15) is 9.59 Å². The van der Waals surface area contributed by atoms with Crippen molar-refractivity contribution in [2.24, 2.45) is 0 Å². The second kappa shape index (κ2) is 11.4. The Morgan fingerprint density at radius 2 is 1.48 bits per heavy atom. The van der Waals surface area contributed by atoms with Crippen LogP contribution in [-0.2, 0) is 4.79 Å². The van der Waals surface area contributed by atoms with E-state index in [0.717, 1.165) is 17.1 Å². The number of thioether (sulfide) groups is 1. The van der Waals surface area contributed by atoms with Crippen molar-refractivity contribution in [3.8, 4) is 0 Å². The molecule has 3 rings (SSSR count). The third-order valence-electron chi connectivity index (χ3n) is 4.57. The van der Waals surface area contributed by atoms with Crippen molar-refractivity contribution in [3.63, 3.8) is 0 Å². The highest BCUT2D eigenvalue weighted by atomic mass is 35.5. The summed E-state index contributed by atoms with van der Waals surface area (Å²) in [6.07, 6.45) is 2.47. The van der Waals surface area contributed by atoms with Gasteiger partial charge in [0.1, 0.15) is 6.04 Å². The molecule has 0 saturated carbocycles. The first kappa shape index (κ1) is 22.7. The molecular formula is C24H24ClN3O2S. The fraction of sp³-hybridized carbons (Fsp3) is 0.167. The molecule has 0 aliphatic rings. The van der Waals surface area contributed by atoms with Crippen LogP contribution in [0.4, 0.5) is 17.1 Å². The van der Waals surface area contributed by atoms with Crippen LogP contribution < -0.4 is 16.0 Å². The average molecular weight is 454 g/mol. The molecule has 1 unspecified atom stereocenters. The number of rotatable bonds is 9. The molecule has 7 heteroatoms. The lowest BCUT2D eigenvalue weighted by Gasteiger charge is -2.19. The van der Waals surface area contributed by atoms with Crippen LogP contribution in [0, 0.1) is 0 Å². The molecule has 0 saturated heterocycles. The van der Waals surface area contributed by atoms with Crippen LogP contribution >= 0.6 is 23.4 Å². The molecule has 31 heavy (non-hydrogen) atoms. The Morgan fingerprint density at radius 1 is 0.871 bits per heavy atom. The van der Waals surface area contributed by atoms with Gasteiger partial charge in [-0.05, 0) is 67.0 Å². The molecule has 0 aromatic heterocycles. The molecule has 0 radical (unpaired) electrons. The lowest BCUT2D eigenvalue weighted by atomic mass is 10.1. The lowest BCUT2D eigenvalue weighted by molar-refractivity contribution is -0.118. The van der Waals surface area contributed by atoms with E-state index in [2.05, 4.69) is 16.0 Å². The Labute approximate surface area is 191 Å². The second-order valence-electron chi connectivity index (χ2n) is 6.84. The maximum absolute atomic E-state index is 12.9. The van der Waals surface area contributed by atoms with Gasteiger partial charge in [-0.15, -0.1) is 0 Å². The van der Waals surface area contributed by atoms with Gasteiger partial charge >= 0.3 is 0 Å². The van der Waals surface area contributed by atoms with Crippen LogP contribution in [0.25, 0.3) is 0 Å². The standard InChI is InChI=1S/C24H24ClN3O2S/c1-31-16-15-22(28-23(29)20-9-5-6-10-21(20)25)24(30)27-19-13-11-18(12-14-19)26-17-7-3-2-4-8-17/h2-14,22,26H,15-16H2,1H3,(H,27,30)(H,28,29). The summed E-state index contributed by atoms with van der Waals surface area (Å²) in [5.74, 6) is 0.105. The molecule has 0 spiro atoms. The van der Waals surface area contributed by atoms with E-state index in [4.69, 9.17) is 11.6 Å². The van der Waals surface area contributed by atoms with Gasteiger partial charge in [0, 0.05) is 17.1 Å². The van der Waals surface area contributed by atoms with E-state index >= 15 is 0 Å². The molecule has 160 valence electrons. The summed E-state index contributed by atoms with van der Waals surface area (Å²) >= 11 is 7.73. The third kappa shape index (κ3) is 6.77. The number of hydrogen-bond acceptors (Lipinski definition) is 4. The Hall–Kier alpha value is -2.96. The third-order valence-corrected chi connectivity index (χ3v) is 5.54. The summed E-state index contributed by atoms with van der Waals surface area (Å²) in [7, 11) is 0. The fourth-order valence-corrected chi connectivity index (χ4v) is 3.63. The molecular weight excluding hydrogens is 430 g/mol. The predicted octanol–water partition coefficient (Wildman–Crippen LogP) is 5.57. The smallest absolute Gasteiger partial charge is 0.253 e. The first-order chi connectivity index (χ1) is 15.1. The SMILES string of the molecule is CSCCC(NC(=O)c1ccccc1Cl)C(=O)Nc1ccc(Nc2ccccc2)cc1. The average Bonchev–Trinajstić information content (AvgIpc) is 2.78. The van der Waals surface area contributed by atoms with E-state index in [1.165, 1.54) is 0 Å². The zero-order valence-corrected chi connectivity index (χ0v) is 18.7. The van der Waals surface area contributed by atoms with Crippen molar-refractivity contribution in [1.82, 2.24) is 5.32 Å². The van der Waals surface area contributed by atoms with Gasteiger partial charge in [0.2, 0.25) is 5.91 Å². The number of anilines is 3. The molecule has 0 aliphatic heterocycles.